The molecule has 0 aliphatic carbocycles. The zero-order valence-corrected chi connectivity index (χ0v) is 25.4. The van der Waals surface area contributed by atoms with Gasteiger partial charge in [-0.25, -0.2) is 4.98 Å². The number of carbonyl (C=O) groups is 1. The van der Waals surface area contributed by atoms with E-state index >= 15 is 0 Å². The van der Waals surface area contributed by atoms with Gasteiger partial charge in [0.05, 0.1) is 30.3 Å². The van der Waals surface area contributed by atoms with Crippen LogP contribution in [-0.4, -0.2) is 72.5 Å². The molecule has 4 N–H and O–H groups in total. The van der Waals surface area contributed by atoms with Gasteiger partial charge in [0, 0.05) is 25.2 Å². The van der Waals surface area contributed by atoms with Gasteiger partial charge >= 0.3 is 6.72 Å². The number of aliphatic hydroxyl groups is 1. The minimum absolute atomic E-state index is 0.00267. The number of ether oxygens (including phenoxy) is 2. The lowest BCUT2D eigenvalue weighted by Crippen LogP contribution is -2.39. The SMILES string of the molecule is CC(=O)Nc1nc(OCCc2ccc(N(O)O)cc2)c2ncn([C@@H]3O[C@@H]4COP(=S)(Oc5ccccc5Cl)OC4C3O)c2n1. The van der Waals surface area contributed by atoms with Gasteiger partial charge in [-0.3, -0.25) is 34.1 Å². The summed E-state index contributed by atoms with van der Waals surface area (Å²) in [4.78, 5) is 25.0. The van der Waals surface area contributed by atoms with E-state index in [9.17, 15) is 9.90 Å². The van der Waals surface area contributed by atoms with Gasteiger partial charge in [-0.05, 0) is 29.8 Å². The van der Waals surface area contributed by atoms with E-state index in [4.69, 9.17) is 56.9 Å². The first-order valence-electron chi connectivity index (χ1n) is 13.2. The predicted octanol–water partition coefficient (Wildman–Crippen LogP) is 3.62. The number of imidazole rings is 1. The number of carbonyl (C=O) groups excluding carboxylic acids is 1. The number of aliphatic hydroxyl groups excluding tert-OH is 1. The Labute approximate surface area is 260 Å². The van der Waals surface area contributed by atoms with E-state index in [-0.39, 0.29) is 47.1 Å². The van der Waals surface area contributed by atoms with Crippen molar-refractivity contribution in [2.24, 2.45) is 0 Å². The molecule has 5 atom stereocenters. The Balaban J connectivity index is 1.22. The number of para-hydroxylation sites is 1. The third-order valence-electron chi connectivity index (χ3n) is 6.75. The third-order valence-corrected chi connectivity index (χ3v) is 9.25. The maximum absolute atomic E-state index is 11.8. The van der Waals surface area contributed by atoms with Crippen LogP contribution in [0.3, 0.4) is 0 Å². The van der Waals surface area contributed by atoms with Gasteiger partial charge in [0.25, 0.3) is 0 Å². The number of aromatic nitrogens is 4. The van der Waals surface area contributed by atoms with Gasteiger partial charge in [-0.1, -0.05) is 35.9 Å². The molecule has 232 valence electrons. The monoisotopic (exact) mass is 664 g/mol. The first-order chi connectivity index (χ1) is 21.1. The molecule has 4 aromatic rings. The Morgan fingerprint density at radius 3 is 2.73 bits per heavy atom. The van der Waals surface area contributed by atoms with E-state index in [0.717, 1.165) is 5.56 Å². The van der Waals surface area contributed by atoms with Gasteiger partial charge in [-0.2, -0.15) is 9.97 Å². The number of rotatable bonds is 9. The number of halogens is 1. The fraction of sp³-hybridized carbons (Fsp3) is 0.308. The first kappa shape index (κ1) is 30.6. The molecule has 1 amide bonds. The van der Waals surface area contributed by atoms with Gasteiger partial charge in [0.2, 0.25) is 17.7 Å². The van der Waals surface area contributed by atoms with Crippen LogP contribution in [0.4, 0.5) is 11.6 Å². The van der Waals surface area contributed by atoms with Crippen LogP contribution in [0, 0.1) is 0 Å². The molecule has 4 heterocycles. The van der Waals surface area contributed by atoms with Crippen molar-refractivity contribution in [1.82, 2.24) is 19.5 Å². The van der Waals surface area contributed by atoms with Gasteiger partial charge < -0.3 is 19.1 Å². The molecule has 6 rings (SSSR count). The molecule has 0 spiro atoms. The van der Waals surface area contributed by atoms with E-state index in [1.54, 1.807) is 36.4 Å². The molecule has 2 fully saturated rings. The van der Waals surface area contributed by atoms with Crippen molar-refractivity contribution in [3.63, 3.8) is 0 Å². The molecular weight excluding hydrogens is 639 g/mol. The smallest absolute Gasteiger partial charge is 0.381 e. The zero-order valence-electron chi connectivity index (χ0n) is 22.9. The largest absolute Gasteiger partial charge is 0.476 e. The summed E-state index contributed by atoms with van der Waals surface area (Å²) < 4.78 is 31.1. The van der Waals surface area contributed by atoms with Gasteiger partial charge in [-0.15, -0.1) is 5.23 Å². The Morgan fingerprint density at radius 1 is 1.23 bits per heavy atom. The number of fused-ring (bicyclic) bond motifs is 2. The van der Waals surface area contributed by atoms with Crippen LogP contribution in [0.2, 0.25) is 5.02 Å². The second-order valence-corrected chi connectivity index (χ2v) is 13.1. The van der Waals surface area contributed by atoms with E-state index in [2.05, 4.69) is 20.3 Å². The number of nitrogens with one attached hydrogen (secondary N) is 1. The average Bonchev–Trinajstić information content (AvgIpc) is 3.54. The Morgan fingerprint density at radius 2 is 2.00 bits per heavy atom. The van der Waals surface area contributed by atoms with Crippen LogP contribution in [0.25, 0.3) is 11.2 Å². The molecule has 0 radical (unpaired) electrons. The van der Waals surface area contributed by atoms with E-state index in [1.807, 2.05) is 0 Å². The summed E-state index contributed by atoms with van der Waals surface area (Å²) in [5.41, 5.74) is 1.56. The van der Waals surface area contributed by atoms with Gasteiger partial charge in [0.1, 0.15) is 24.1 Å². The highest BCUT2D eigenvalue weighted by molar-refractivity contribution is 8.07. The van der Waals surface area contributed by atoms with Crippen molar-refractivity contribution in [1.29, 1.82) is 0 Å². The fourth-order valence-electron chi connectivity index (χ4n) is 4.70. The van der Waals surface area contributed by atoms with Gasteiger partial charge in [0.15, 0.2) is 17.4 Å². The number of hydrogen-bond acceptors (Lipinski definition) is 14. The highest BCUT2D eigenvalue weighted by atomic mass is 35.5. The fourth-order valence-corrected chi connectivity index (χ4v) is 7.09. The molecule has 0 bridgehead atoms. The Hall–Kier alpha value is -3.44. The van der Waals surface area contributed by atoms with Crippen LogP contribution < -0.4 is 19.8 Å². The van der Waals surface area contributed by atoms with Crippen LogP contribution >= 0.6 is 18.3 Å². The number of anilines is 2. The van der Waals surface area contributed by atoms with Crippen molar-refractivity contribution in [2.75, 3.05) is 23.8 Å². The first-order valence-corrected chi connectivity index (χ1v) is 16.2. The lowest BCUT2D eigenvalue weighted by atomic mass is 10.1. The molecule has 2 aromatic carbocycles. The molecule has 3 unspecified atom stereocenters. The predicted molar refractivity (Wildman–Crippen MR) is 158 cm³/mol. The molecule has 18 heteroatoms. The van der Waals surface area contributed by atoms with Crippen LogP contribution in [0.15, 0.2) is 54.9 Å². The van der Waals surface area contributed by atoms with Crippen molar-refractivity contribution in [3.8, 4) is 11.6 Å². The second-order valence-electron chi connectivity index (χ2n) is 9.80. The standard InChI is InChI=1S/C26H26ClN6O9PS/c1-14(34)29-26-30-23-20(24(31-26)38-11-10-15-6-8-16(9-7-15)33(36)37)28-13-32(23)25-21(35)22-19(40-25)12-39-43(44,42-22)41-18-5-3-2-4-17(18)27/h2-9,13,19,21-22,25,35-37H,10-12H2,1H3,(H,29,30,31,34)/t19-,21?,22?,25-,43?/m1/s1. The number of benzene rings is 2. The summed E-state index contributed by atoms with van der Waals surface area (Å²) in [7, 11) is 0. The topological polar surface area (TPSA) is 183 Å². The summed E-state index contributed by atoms with van der Waals surface area (Å²) in [6.45, 7) is -1.84. The molecular formula is C26H26ClN6O9PS. The van der Waals surface area contributed by atoms with Crippen molar-refractivity contribution in [3.05, 3.63) is 65.4 Å². The van der Waals surface area contributed by atoms with Crippen LogP contribution in [0.1, 0.15) is 18.7 Å². The van der Waals surface area contributed by atoms with Crippen molar-refractivity contribution < 1.29 is 43.4 Å². The second kappa shape index (κ2) is 12.5. The quantitative estimate of drug-likeness (QED) is 0.150. The molecule has 2 aliphatic heterocycles. The number of amides is 1. The highest BCUT2D eigenvalue weighted by Gasteiger charge is 2.52. The van der Waals surface area contributed by atoms with Crippen LogP contribution in [0.5, 0.6) is 11.6 Å². The van der Waals surface area contributed by atoms with Crippen LogP contribution in [-0.2, 0) is 36.8 Å². The molecule has 0 saturated carbocycles. The van der Waals surface area contributed by atoms with E-state index < -0.39 is 37.2 Å². The maximum atomic E-state index is 11.8. The van der Waals surface area contributed by atoms with Crippen molar-refractivity contribution >= 4 is 58.8 Å². The molecule has 15 nitrogen and oxygen atoms in total. The highest BCUT2D eigenvalue weighted by Crippen LogP contribution is 2.57. The van der Waals surface area contributed by atoms with Crippen molar-refractivity contribution in [2.45, 2.75) is 37.9 Å². The summed E-state index contributed by atoms with van der Waals surface area (Å²) in [6.07, 6.45) is -1.93. The normalized spacial score (nSPS) is 24.6. The summed E-state index contributed by atoms with van der Waals surface area (Å²) in [5, 5.41) is 32.5. The third kappa shape index (κ3) is 6.35. The lowest BCUT2D eigenvalue weighted by molar-refractivity contribution is -0.114. The molecule has 2 saturated heterocycles. The number of hydrogen-bond donors (Lipinski definition) is 4. The lowest BCUT2D eigenvalue weighted by Gasteiger charge is -2.33. The maximum Gasteiger partial charge on any atom is 0.381 e. The van der Waals surface area contributed by atoms with E-state index in [1.165, 1.54) is 30.0 Å². The molecule has 44 heavy (non-hydrogen) atoms. The van der Waals surface area contributed by atoms with E-state index in [0.29, 0.717) is 17.2 Å². The summed E-state index contributed by atoms with van der Waals surface area (Å²) in [5.74, 6) is -0.0409. The zero-order chi connectivity index (χ0) is 31.0. The summed E-state index contributed by atoms with van der Waals surface area (Å²) in [6, 6.07) is 13.3. The minimum Gasteiger partial charge on any atom is -0.476 e. The molecule has 2 aromatic heterocycles. The minimum atomic E-state index is -3.33. The molecule has 2 aliphatic rings. The Bertz CT molecular complexity index is 1730. The summed E-state index contributed by atoms with van der Waals surface area (Å²) >= 11 is 11.8. The average molecular weight is 665 g/mol. The Kier molecular flexibility index (Phi) is 8.70. The number of nitrogens with zero attached hydrogens (tertiary/aromatic N) is 5.